The minimum atomic E-state index is -0.819. The van der Waals surface area contributed by atoms with Crippen LogP contribution in [0.2, 0.25) is 0 Å². The predicted octanol–water partition coefficient (Wildman–Crippen LogP) is 5.56. The Morgan fingerprint density at radius 2 is 2.00 bits per heavy atom. The lowest BCUT2D eigenvalue weighted by Gasteiger charge is -2.26. The number of halogens is 2. The van der Waals surface area contributed by atoms with Crippen molar-refractivity contribution in [3.8, 4) is 5.75 Å². The molecule has 1 aliphatic heterocycles. The normalized spacial score (nSPS) is 15.2. The first kappa shape index (κ1) is 29.5. The van der Waals surface area contributed by atoms with Crippen molar-refractivity contribution in [3.05, 3.63) is 93.4 Å². The first-order valence-electron chi connectivity index (χ1n) is 12.4. The lowest BCUT2D eigenvalue weighted by Crippen LogP contribution is -2.40. The van der Waals surface area contributed by atoms with Gasteiger partial charge in [0.25, 0.3) is 5.56 Å². The SMILES string of the molecule is COc1ccc(Br)cc1[C@H]1C(C(=O)OC(C)C)=C(C)N=c2s/c(=C\c3cc(Br)c(Sc4nccc(C)n4)o3)c(=O)n21. The number of esters is 1. The number of carbonyl (C=O) groups excluding carboxylic acids is 1. The van der Waals surface area contributed by atoms with Gasteiger partial charge in [0.15, 0.2) is 15.1 Å². The summed E-state index contributed by atoms with van der Waals surface area (Å²) in [7, 11) is 1.55. The number of rotatable bonds is 7. The third-order valence-electron chi connectivity index (χ3n) is 5.98. The molecule has 0 radical (unpaired) electrons. The summed E-state index contributed by atoms with van der Waals surface area (Å²) in [4.78, 5) is 41.1. The third-order valence-corrected chi connectivity index (χ3v) is 9.17. The fraction of sp³-hybridized carbons (Fsp3) is 0.250. The molecule has 0 fully saturated rings. The third kappa shape index (κ3) is 6.13. The fourth-order valence-corrected chi connectivity index (χ4v) is 6.99. The van der Waals surface area contributed by atoms with Gasteiger partial charge in [0, 0.05) is 28.0 Å². The summed E-state index contributed by atoms with van der Waals surface area (Å²) in [6.07, 6.45) is 3.00. The van der Waals surface area contributed by atoms with Crippen LogP contribution in [0.3, 0.4) is 0 Å². The maximum atomic E-state index is 14.0. The van der Waals surface area contributed by atoms with E-state index in [0.29, 0.717) is 46.8 Å². The van der Waals surface area contributed by atoms with E-state index in [1.54, 1.807) is 52.3 Å². The summed E-state index contributed by atoms with van der Waals surface area (Å²) < 4.78 is 20.6. The number of hydrogen-bond acceptors (Lipinski definition) is 10. The van der Waals surface area contributed by atoms with E-state index in [1.807, 2.05) is 25.1 Å². The zero-order chi connectivity index (χ0) is 29.4. The second-order valence-corrected chi connectivity index (χ2v) is 13.0. The average molecular weight is 720 g/mol. The van der Waals surface area contributed by atoms with E-state index in [4.69, 9.17) is 13.9 Å². The summed E-state index contributed by atoms with van der Waals surface area (Å²) in [6.45, 7) is 7.18. The molecular weight excluding hydrogens is 696 g/mol. The second-order valence-electron chi connectivity index (χ2n) is 9.29. The van der Waals surface area contributed by atoms with Gasteiger partial charge >= 0.3 is 5.97 Å². The Kier molecular flexibility index (Phi) is 8.69. The van der Waals surface area contributed by atoms with Crippen LogP contribution in [0.1, 0.15) is 43.8 Å². The fourth-order valence-electron chi connectivity index (χ4n) is 4.27. The summed E-state index contributed by atoms with van der Waals surface area (Å²) in [5, 5.41) is 1.10. The number of fused-ring (bicyclic) bond motifs is 1. The van der Waals surface area contributed by atoms with Crippen LogP contribution in [0, 0.1) is 6.92 Å². The van der Waals surface area contributed by atoms with E-state index in [-0.39, 0.29) is 17.2 Å². The van der Waals surface area contributed by atoms with Gasteiger partial charge in [-0.1, -0.05) is 27.3 Å². The lowest BCUT2D eigenvalue weighted by atomic mass is 9.95. The highest BCUT2D eigenvalue weighted by Gasteiger charge is 2.35. The molecule has 0 amide bonds. The molecule has 41 heavy (non-hydrogen) atoms. The molecule has 3 aromatic heterocycles. The minimum Gasteiger partial charge on any atom is -0.496 e. The molecule has 1 aromatic carbocycles. The molecule has 0 aliphatic carbocycles. The molecule has 5 rings (SSSR count). The molecule has 4 heterocycles. The van der Waals surface area contributed by atoms with E-state index >= 15 is 0 Å². The molecule has 0 saturated heterocycles. The van der Waals surface area contributed by atoms with Gasteiger partial charge in [-0.2, -0.15) is 0 Å². The Labute approximate surface area is 260 Å². The highest BCUT2D eigenvalue weighted by molar-refractivity contribution is 9.10. The average Bonchev–Trinajstić information content (AvgIpc) is 3.40. The Bertz CT molecular complexity index is 1880. The van der Waals surface area contributed by atoms with Gasteiger partial charge in [0.1, 0.15) is 17.6 Å². The topological polar surface area (TPSA) is 109 Å². The smallest absolute Gasteiger partial charge is 0.338 e. The van der Waals surface area contributed by atoms with E-state index in [2.05, 4.69) is 46.8 Å². The largest absolute Gasteiger partial charge is 0.496 e. The standard InChI is InChI=1S/C28H24Br2N4O5S2/c1-13(2)38-25(36)22-15(4)33-28-34(23(22)18-10-16(29)6-7-20(18)37-5)24(35)21(40-28)12-17-11-19(30)26(39-17)41-27-31-9-8-14(3)32-27/h6-13,23H,1-5H3/b21-12-/t23-/m0/s1. The van der Waals surface area contributed by atoms with Gasteiger partial charge in [-0.3, -0.25) is 9.36 Å². The molecule has 9 nitrogen and oxygen atoms in total. The lowest BCUT2D eigenvalue weighted by molar-refractivity contribution is -0.143. The molecule has 4 aromatic rings. The van der Waals surface area contributed by atoms with Gasteiger partial charge in [-0.15, -0.1) is 0 Å². The van der Waals surface area contributed by atoms with Crippen molar-refractivity contribution in [2.24, 2.45) is 4.99 Å². The number of ether oxygens (including phenoxy) is 2. The summed E-state index contributed by atoms with van der Waals surface area (Å²) in [6, 6.07) is 8.23. The van der Waals surface area contributed by atoms with E-state index in [1.165, 1.54) is 27.7 Å². The molecule has 13 heteroatoms. The zero-order valence-electron chi connectivity index (χ0n) is 22.6. The number of furan rings is 1. The number of aromatic nitrogens is 3. The van der Waals surface area contributed by atoms with Crippen molar-refractivity contribution >= 4 is 67.0 Å². The van der Waals surface area contributed by atoms with Crippen LogP contribution in [-0.2, 0) is 9.53 Å². The molecule has 1 atom stereocenters. The predicted molar refractivity (Wildman–Crippen MR) is 163 cm³/mol. The molecule has 0 bridgehead atoms. The van der Waals surface area contributed by atoms with E-state index in [9.17, 15) is 9.59 Å². The van der Waals surface area contributed by atoms with Crippen LogP contribution >= 0.6 is 55.0 Å². The van der Waals surface area contributed by atoms with Gasteiger partial charge in [-0.05, 0) is 85.7 Å². The molecule has 1 aliphatic rings. The number of methoxy groups -OCH3 is 1. The van der Waals surface area contributed by atoms with Crippen LogP contribution in [-0.4, -0.2) is 33.7 Å². The molecule has 0 unspecified atom stereocenters. The number of thiazole rings is 1. The van der Waals surface area contributed by atoms with Crippen LogP contribution in [0.4, 0.5) is 0 Å². The van der Waals surface area contributed by atoms with Gasteiger partial charge in [0.2, 0.25) is 0 Å². The van der Waals surface area contributed by atoms with Gasteiger partial charge in [-0.25, -0.2) is 19.8 Å². The quantitative estimate of drug-likeness (QED) is 0.181. The van der Waals surface area contributed by atoms with Crippen molar-refractivity contribution in [1.29, 1.82) is 0 Å². The maximum Gasteiger partial charge on any atom is 0.338 e. The van der Waals surface area contributed by atoms with Crippen LogP contribution in [0.5, 0.6) is 5.75 Å². The molecule has 0 N–H and O–H groups in total. The van der Waals surface area contributed by atoms with Gasteiger partial charge in [0.05, 0.1) is 33.5 Å². The van der Waals surface area contributed by atoms with E-state index in [0.717, 1.165) is 10.2 Å². The number of allylic oxidation sites excluding steroid dienone is 1. The second kappa shape index (κ2) is 12.1. The van der Waals surface area contributed by atoms with E-state index < -0.39 is 12.0 Å². The van der Waals surface area contributed by atoms with Crippen LogP contribution < -0.4 is 19.6 Å². The highest BCUT2D eigenvalue weighted by Crippen LogP contribution is 2.38. The van der Waals surface area contributed by atoms with Crippen molar-refractivity contribution in [2.75, 3.05) is 7.11 Å². The monoisotopic (exact) mass is 718 g/mol. The van der Waals surface area contributed by atoms with Crippen LogP contribution in [0.15, 0.2) is 81.2 Å². The first-order valence-corrected chi connectivity index (χ1v) is 15.6. The maximum absolute atomic E-state index is 14.0. The summed E-state index contributed by atoms with van der Waals surface area (Å²) >= 11 is 9.53. The Balaban J connectivity index is 1.64. The number of carbonyl (C=O) groups is 1. The minimum absolute atomic E-state index is 0.270. The Morgan fingerprint density at radius 1 is 1.22 bits per heavy atom. The molecular formula is C28H24Br2N4O5S2. The number of aryl methyl sites for hydroxylation is 1. The van der Waals surface area contributed by atoms with Crippen molar-refractivity contribution in [2.45, 2.75) is 50.1 Å². The molecule has 212 valence electrons. The Hall–Kier alpha value is -3.00. The van der Waals surface area contributed by atoms with Crippen molar-refractivity contribution < 1.29 is 18.7 Å². The number of hydrogen-bond donors (Lipinski definition) is 0. The summed E-state index contributed by atoms with van der Waals surface area (Å²) in [5.74, 6) is 0.439. The highest BCUT2D eigenvalue weighted by atomic mass is 79.9. The number of nitrogens with zero attached hydrogens (tertiary/aromatic N) is 4. The summed E-state index contributed by atoms with van der Waals surface area (Å²) in [5.41, 5.74) is 1.87. The van der Waals surface area contributed by atoms with Gasteiger partial charge < -0.3 is 13.9 Å². The zero-order valence-corrected chi connectivity index (χ0v) is 27.4. The van der Waals surface area contributed by atoms with Crippen molar-refractivity contribution in [1.82, 2.24) is 14.5 Å². The first-order chi connectivity index (χ1) is 19.5. The molecule has 0 spiro atoms. The molecule has 0 saturated carbocycles. The van der Waals surface area contributed by atoms with Crippen molar-refractivity contribution in [3.63, 3.8) is 0 Å². The Morgan fingerprint density at radius 3 is 2.71 bits per heavy atom. The van der Waals surface area contributed by atoms with Crippen LogP contribution in [0.25, 0.3) is 6.08 Å². The number of benzene rings is 1.